The van der Waals surface area contributed by atoms with Crippen molar-refractivity contribution in [3.63, 3.8) is 0 Å². The number of nitrogens with one attached hydrogen (secondary N) is 1. The van der Waals surface area contributed by atoms with Crippen LogP contribution in [0.25, 0.3) is 22.6 Å². The zero-order valence-electron chi connectivity index (χ0n) is 12.9. The Hall–Kier alpha value is -2.60. The average Bonchev–Trinajstić information content (AvgIpc) is 3.04. The summed E-state index contributed by atoms with van der Waals surface area (Å²) in [6.45, 7) is 5.25. The van der Waals surface area contributed by atoms with Gasteiger partial charge in [-0.2, -0.15) is 0 Å². The second kappa shape index (κ2) is 5.55. The van der Waals surface area contributed by atoms with Crippen LogP contribution in [-0.2, 0) is 4.74 Å². The third-order valence-corrected chi connectivity index (χ3v) is 4.27. The predicted molar refractivity (Wildman–Crippen MR) is 88.8 cm³/mol. The maximum Gasteiger partial charge on any atom is 0.178 e. The third kappa shape index (κ3) is 2.51. The lowest BCUT2D eigenvalue weighted by Gasteiger charge is -2.28. The van der Waals surface area contributed by atoms with Crippen molar-refractivity contribution in [2.75, 3.05) is 31.2 Å². The highest BCUT2D eigenvalue weighted by Crippen LogP contribution is 2.27. The summed E-state index contributed by atoms with van der Waals surface area (Å²) in [6.07, 6.45) is 1.43. The van der Waals surface area contributed by atoms with Gasteiger partial charge in [-0.05, 0) is 31.2 Å². The summed E-state index contributed by atoms with van der Waals surface area (Å²) >= 11 is 0. The van der Waals surface area contributed by atoms with E-state index in [9.17, 15) is 5.11 Å². The van der Waals surface area contributed by atoms with Gasteiger partial charge in [-0.25, -0.2) is 9.97 Å². The van der Waals surface area contributed by atoms with E-state index in [1.54, 1.807) is 0 Å². The van der Waals surface area contributed by atoms with Gasteiger partial charge in [-0.3, -0.25) is 0 Å². The number of imidazole rings is 1. The Kier molecular flexibility index (Phi) is 3.38. The lowest BCUT2D eigenvalue weighted by Crippen LogP contribution is -2.36. The molecule has 0 radical (unpaired) electrons. The van der Waals surface area contributed by atoms with Crippen molar-refractivity contribution in [1.82, 2.24) is 15.0 Å². The van der Waals surface area contributed by atoms with Gasteiger partial charge in [0.25, 0.3) is 0 Å². The molecule has 1 fully saturated rings. The van der Waals surface area contributed by atoms with Gasteiger partial charge in [-0.1, -0.05) is 0 Å². The minimum Gasteiger partial charge on any atom is -0.506 e. The Morgan fingerprint density at radius 3 is 2.65 bits per heavy atom. The van der Waals surface area contributed by atoms with Gasteiger partial charge in [0, 0.05) is 29.9 Å². The fourth-order valence-corrected chi connectivity index (χ4v) is 2.85. The molecule has 1 aliphatic heterocycles. The lowest BCUT2D eigenvalue weighted by molar-refractivity contribution is 0.122. The van der Waals surface area contributed by atoms with Gasteiger partial charge in [0.2, 0.25) is 0 Å². The van der Waals surface area contributed by atoms with E-state index in [0.29, 0.717) is 5.65 Å². The van der Waals surface area contributed by atoms with Crippen molar-refractivity contribution in [3.05, 3.63) is 36.0 Å². The summed E-state index contributed by atoms with van der Waals surface area (Å²) in [6, 6.07) is 8.31. The molecule has 0 amide bonds. The molecular formula is C17H18N4O2. The van der Waals surface area contributed by atoms with Crippen molar-refractivity contribution >= 4 is 16.9 Å². The summed E-state index contributed by atoms with van der Waals surface area (Å²) in [7, 11) is 0. The smallest absolute Gasteiger partial charge is 0.178 e. The molecule has 6 heteroatoms. The first kappa shape index (κ1) is 14.0. The van der Waals surface area contributed by atoms with Crippen LogP contribution in [0.4, 0.5) is 5.69 Å². The second-order valence-corrected chi connectivity index (χ2v) is 5.70. The molecule has 1 saturated heterocycles. The molecule has 0 unspecified atom stereocenters. The van der Waals surface area contributed by atoms with Crippen molar-refractivity contribution in [2.45, 2.75) is 6.92 Å². The van der Waals surface area contributed by atoms with Gasteiger partial charge < -0.3 is 19.7 Å². The van der Waals surface area contributed by atoms with Gasteiger partial charge in [0.15, 0.2) is 5.65 Å². The minimum absolute atomic E-state index is 0.176. The van der Waals surface area contributed by atoms with E-state index < -0.39 is 0 Å². The number of aryl methyl sites for hydroxylation is 1. The fraction of sp³-hybridized carbons (Fsp3) is 0.294. The molecule has 0 saturated carbocycles. The maximum atomic E-state index is 9.75. The van der Waals surface area contributed by atoms with Crippen LogP contribution in [0.5, 0.6) is 5.75 Å². The SMILES string of the molecule is Cc1c(O)cnc2nc(-c3ccc(N4CCOCC4)cc3)[nH]c12. The first-order valence-electron chi connectivity index (χ1n) is 7.70. The van der Waals surface area contributed by atoms with Crippen LogP contribution < -0.4 is 4.90 Å². The number of fused-ring (bicyclic) bond motifs is 1. The van der Waals surface area contributed by atoms with E-state index >= 15 is 0 Å². The second-order valence-electron chi connectivity index (χ2n) is 5.70. The first-order chi connectivity index (χ1) is 11.2. The van der Waals surface area contributed by atoms with Gasteiger partial charge in [-0.15, -0.1) is 0 Å². The fourth-order valence-electron chi connectivity index (χ4n) is 2.85. The molecule has 3 aromatic rings. The predicted octanol–water partition coefficient (Wildman–Crippen LogP) is 2.48. The van der Waals surface area contributed by atoms with Crippen molar-refractivity contribution in [2.24, 2.45) is 0 Å². The Balaban J connectivity index is 1.66. The quantitative estimate of drug-likeness (QED) is 0.760. The Labute approximate surface area is 133 Å². The highest BCUT2D eigenvalue weighted by Gasteiger charge is 2.13. The number of rotatable bonds is 2. The molecule has 6 nitrogen and oxygen atoms in total. The average molecular weight is 310 g/mol. The molecule has 0 atom stereocenters. The summed E-state index contributed by atoms with van der Waals surface area (Å²) < 4.78 is 5.38. The Morgan fingerprint density at radius 2 is 1.91 bits per heavy atom. The Bertz CT molecular complexity index is 836. The zero-order valence-corrected chi connectivity index (χ0v) is 12.9. The number of nitrogens with zero attached hydrogens (tertiary/aromatic N) is 3. The number of anilines is 1. The number of hydrogen-bond acceptors (Lipinski definition) is 5. The standard InChI is InChI=1S/C17H18N4O2/c1-11-14(22)10-18-17-15(11)19-16(20-17)12-2-4-13(5-3-12)21-6-8-23-9-7-21/h2-5,10,22H,6-9H2,1H3,(H,18,19,20). The van der Waals surface area contributed by atoms with Crippen LogP contribution in [0.15, 0.2) is 30.5 Å². The van der Waals surface area contributed by atoms with Crippen LogP contribution in [0.2, 0.25) is 0 Å². The van der Waals surface area contributed by atoms with Crippen molar-refractivity contribution in [1.29, 1.82) is 0 Å². The monoisotopic (exact) mass is 310 g/mol. The van der Waals surface area contributed by atoms with E-state index in [-0.39, 0.29) is 5.75 Å². The van der Waals surface area contributed by atoms with Crippen LogP contribution >= 0.6 is 0 Å². The molecule has 23 heavy (non-hydrogen) atoms. The van der Waals surface area contributed by atoms with Gasteiger partial charge in [0.05, 0.1) is 24.9 Å². The molecule has 4 rings (SSSR count). The summed E-state index contributed by atoms with van der Waals surface area (Å²) in [4.78, 5) is 14.2. The highest BCUT2D eigenvalue weighted by atomic mass is 16.5. The molecule has 1 aliphatic rings. The number of H-pyrrole nitrogens is 1. The van der Waals surface area contributed by atoms with Gasteiger partial charge >= 0.3 is 0 Å². The van der Waals surface area contributed by atoms with E-state index in [1.165, 1.54) is 11.9 Å². The number of aromatic nitrogens is 3. The van der Waals surface area contributed by atoms with E-state index in [2.05, 4.69) is 44.1 Å². The number of aromatic amines is 1. The first-order valence-corrected chi connectivity index (χ1v) is 7.70. The molecule has 2 aromatic heterocycles. The third-order valence-electron chi connectivity index (χ3n) is 4.27. The maximum absolute atomic E-state index is 9.75. The molecule has 0 bridgehead atoms. The highest BCUT2D eigenvalue weighted by molar-refractivity contribution is 5.80. The molecule has 1 aromatic carbocycles. The summed E-state index contributed by atoms with van der Waals surface area (Å²) in [5, 5.41) is 9.75. The number of aromatic hydroxyl groups is 1. The van der Waals surface area contributed by atoms with Crippen LogP contribution in [0, 0.1) is 6.92 Å². The largest absolute Gasteiger partial charge is 0.506 e. The Morgan fingerprint density at radius 1 is 1.17 bits per heavy atom. The number of morpholine rings is 1. The number of hydrogen-bond donors (Lipinski definition) is 2. The molecular weight excluding hydrogens is 292 g/mol. The zero-order chi connectivity index (χ0) is 15.8. The van der Waals surface area contributed by atoms with E-state index in [4.69, 9.17) is 4.74 Å². The summed E-state index contributed by atoms with van der Waals surface area (Å²) in [5.41, 5.74) is 4.35. The molecule has 0 spiro atoms. The van der Waals surface area contributed by atoms with Crippen LogP contribution in [0.1, 0.15) is 5.56 Å². The minimum atomic E-state index is 0.176. The van der Waals surface area contributed by atoms with E-state index in [0.717, 1.165) is 48.8 Å². The van der Waals surface area contributed by atoms with Crippen molar-refractivity contribution < 1.29 is 9.84 Å². The van der Waals surface area contributed by atoms with Crippen LogP contribution in [0.3, 0.4) is 0 Å². The number of benzene rings is 1. The molecule has 118 valence electrons. The molecule has 3 heterocycles. The number of ether oxygens (including phenoxy) is 1. The van der Waals surface area contributed by atoms with Crippen molar-refractivity contribution in [3.8, 4) is 17.1 Å². The molecule has 2 N–H and O–H groups in total. The lowest BCUT2D eigenvalue weighted by atomic mass is 10.2. The number of pyridine rings is 1. The van der Waals surface area contributed by atoms with E-state index in [1.807, 2.05) is 6.92 Å². The van der Waals surface area contributed by atoms with Crippen LogP contribution in [-0.4, -0.2) is 46.4 Å². The van der Waals surface area contributed by atoms with Gasteiger partial charge in [0.1, 0.15) is 11.6 Å². The molecule has 0 aliphatic carbocycles. The topological polar surface area (TPSA) is 74.3 Å². The summed E-state index contributed by atoms with van der Waals surface area (Å²) in [5.74, 6) is 0.935. The normalized spacial score (nSPS) is 15.3.